The second kappa shape index (κ2) is 4.67. The summed E-state index contributed by atoms with van der Waals surface area (Å²) in [6.07, 6.45) is 10.6. The third kappa shape index (κ3) is 2.34. The summed E-state index contributed by atoms with van der Waals surface area (Å²) in [7, 11) is 2.32. The summed E-state index contributed by atoms with van der Waals surface area (Å²) < 4.78 is 11.0. The Morgan fingerprint density at radius 1 is 0.941 bits per heavy atom. The lowest BCUT2D eigenvalue weighted by Crippen LogP contribution is -2.46. The van der Waals surface area contributed by atoms with Crippen molar-refractivity contribution in [2.24, 2.45) is 23.2 Å². The largest absolute Gasteiger partial charge is 0.400 e. The molecule has 98 valence electrons. The zero-order valence-corrected chi connectivity index (χ0v) is 12.4. The van der Waals surface area contributed by atoms with Gasteiger partial charge >= 0.3 is 9.28 Å². The van der Waals surface area contributed by atoms with Crippen LogP contribution >= 0.6 is 0 Å². The van der Waals surface area contributed by atoms with Crippen LogP contribution < -0.4 is 0 Å². The van der Waals surface area contributed by atoms with Crippen LogP contribution in [0.1, 0.15) is 44.9 Å². The van der Waals surface area contributed by atoms with Crippen molar-refractivity contribution in [2.45, 2.75) is 51.0 Å². The highest BCUT2D eigenvalue weighted by molar-refractivity contribution is 6.44. The smallest absolute Gasteiger partial charge is 0.320 e. The lowest BCUT2D eigenvalue weighted by molar-refractivity contribution is -0.0553. The van der Waals surface area contributed by atoms with Crippen LogP contribution in [0.2, 0.25) is 6.04 Å². The fourth-order valence-corrected chi connectivity index (χ4v) is 6.86. The van der Waals surface area contributed by atoms with E-state index in [1.54, 1.807) is 19.3 Å². The molecule has 4 aliphatic rings. The first kappa shape index (κ1) is 12.2. The van der Waals surface area contributed by atoms with Crippen LogP contribution in [-0.4, -0.2) is 23.5 Å². The molecule has 0 aromatic rings. The van der Waals surface area contributed by atoms with Gasteiger partial charge in [0.1, 0.15) is 0 Å². The number of hydrogen-bond acceptors (Lipinski definition) is 2. The van der Waals surface area contributed by atoms with Gasteiger partial charge in [0.05, 0.1) is 0 Å². The topological polar surface area (TPSA) is 18.5 Å². The summed E-state index contributed by atoms with van der Waals surface area (Å²) >= 11 is 0. The Kier molecular flexibility index (Phi) is 3.35. The second-order valence-corrected chi connectivity index (χ2v) is 9.24. The summed E-state index contributed by atoms with van der Waals surface area (Å²) in [4.78, 5) is 0. The predicted molar refractivity (Wildman–Crippen MR) is 71.2 cm³/mol. The first-order chi connectivity index (χ1) is 8.23. The normalized spacial score (nSPS) is 43.6. The molecule has 0 saturated heterocycles. The van der Waals surface area contributed by atoms with E-state index in [2.05, 4.69) is 0 Å². The van der Waals surface area contributed by atoms with E-state index in [1.165, 1.54) is 31.7 Å². The standard InChI is InChI=1S/C14H26O2Si/c1-15-17(16-2)4-3-14-8-11-5-12(9-14)7-13(6-11)10-14/h11-13,17H,3-10H2,1-2H3. The maximum atomic E-state index is 5.48. The van der Waals surface area contributed by atoms with E-state index in [0.29, 0.717) is 5.41 Å². The minimum atomic E-state index is -1.32. The fourth-order valence-electron chi connectivity index (χ4n) is 5.35. The summed E-state index contributed by atoms with van der Waals surface area (Å²) in [6, 6.07) is 1.22. The third-order valence-electron chi connectivity index (χ3n) is 5.60. The molecule has 4 fully saturated rings. The van der Waals surface area contributed by atoms with E-state index in [0.717, 1.165) is 17.8 Å². The lowest BCUT2D eigenvalue weighted by Gasteiger charge is -2.57. The fraction of sp³-hybridized carbons (Fsp3) is 1.00. The Morgan fingerprint density at radius 2 is 1.41 bits per heavy atom. The van der Waals surface area contributed by atoms with Gasteiger partial charge < -0.3 is 8.85 Å². The lowest BCUT2D eigenvalue weighted by atomic mass is 9.49. The highest BCUT2D eigenvalue weighted by Gasteiger charge is 2.50. The van der Waals surface area contributed by atoms with E-state index < -0.39 is 9.28 Å². The maximum absolute atomic E-state index is 5.48. The second-order valence-electron chi connectivity index (χ2n) is 6.86. The first-order valence-electron chi connectivity index (χ1n) is 7.28. The van der Waals surface area contributed by atoms with Gasteiger partial charge in [0.25, 0.3) is 0 Å². The summed E-state index contributed by atoms with van der Waals surface area (Å²) in [5.41, 5.74) is 0.705. The molecule has 0 aromatic carbocycles. The molecular weight excluding hydrogens is 228 g/mol. The Bertz CT molecular complexity index is 240. The van der Waals surface area contributed by atoms with Gasteiger partial charge in [0, 0.05) is 14.2 Å². The highest BCUT2D eigenvalue weighted by Crippen LogP contribution is 2.61. The average Bonchev–Trinajstić information content (AvgIpc) is 2.28. The molecule has 4 rings (SSSR count). The SMILES string of the molecule is CO[SiH](CCC12CC3CC(CC(C3)C1)C2)OC. The summed E-state index contributed by atoms with van der Waals surface area (Å²) in [6.45, 7) is 0. The van der Waals surface area contributed by atoms with Crippen molar-refractivity contribution < 1.29 is 8.85 Å². The zero-order valence-electron chi connectivity index (χ0n) is 11.3. The zero-order chi connectivity index (χ0) is 11.9. The molecule has 2 nitrogen and oxygen atoms in total. The molecule has 0 spiro atoms. The highest BCUT2D eigenvalue weighted by atomic mass is 28.3. The Hall–Kier alpha value is 0.137. The van der Waals surface area contributed by atoms with Crippen LogP contribution in [0, 0.1) is 23.2 Å². The molecule has 0 aliphatic heterocycles. The molecule has 3 heteroatoms. The third-order valence-corrected chi connectivity index (χ3v) is 7.41. The molecule has 17 heavy (non-hydrogen) atoms. The van der Waals surface area contributed by atoms with Gasteiger partial charge in [0.2, 0.25) is 0 Å². The van der Waals surface area contributed by atoms with Crippen molar-refractivity contribution in [3.63, 3.8) is 0 Å². The van der Waals surface area contributed by atoms with Gasteiger partial charge in [-0.2, -0.15) is 0 Å². The van der Waals surface area contributed by atoms with Crippen molar-refractivity contribution in [3.05, 3.63) is 0 Å². The van der Waals surface area contributed by atoms with Crippen molar-refractivity contribution >= 4 is 9.28 Å². The van der Waals surface area contributed by atoms with Crippen molar-refractivity contribution in [1.82, 2.24) is 0 Å². The van der Waals surface area contributed by atoms with Crippen LogP contribution in [0.25, 0.3) is 0 Å². The van der Waals surface area contributed by atoms with E-state index >= 15 is 0 Å². The van der Waals surface area contributed by atoms with Gasteiger partial charge in [-0.15, -0.1) is 0 Å². The maximum Gasteiger partial charge on any atom is 0.320 e. The van der Waals surface area contributed by atoms with Gasteiger partial charge in [-0.05, 0) is 74.2 Å². The number of hydrogen-bond donors (Lipinski definition) is 0. The Labute approximate surface area is 107 Å². The van der Waals surface area contributed by atoms with Crippen LogP contribution in [0.4, 0.5) is 0 Å². The first-order valence-corrected chi connectivity index (χ1v) is 9.04. The van der Waals surface area contributed by atoms with Crippen LogP contribution in [-0.2, 0) is 8.85 Å². The molecule has 0 N–H and O–H groups in total. The molecule has 0 radical (unpaired) electrons. The van der Waals surface area contributed by atoms with E-state index in [9.17, 15) is 0 Å². The van der Waals surface area contributed by atoms with Gasteiger partial charge in [0.15, 0.2) is 0 Å². The molecule has 0 unspecified atom stereocenters. The van der Waals surface area contributed by atoms with Gasteiger partial charge in [-0.1, -0.05) is 0 Å². The predicted octanol–water partition coefficient (Wildman–Crippen LogP) is 3.11. The quantitative estimate of drug-likeness (QED) is 0.702. The van der Waals surface area contributed by atoms with E-state index in [1.807, 2.05) is 14.2 Å². The minimum absolute atomic E-state index is 0.705. The molecule has 0 aromatic heterocycles. The van der Waals surface area contributed by atoms with Crippen LogP contribution in [0.3, 0.4) is 0 Å². The molecule has 4 aliphatic carbocycles. The van der Waals surface area contributed by atoms with Crippen LogP contribution in [0.15, 0.2) is 0 Å². The van der Waals surface area contributed by atoms with Crippen molar-refractivity contribution in [1.29, 1.82) is 0 Å². The van der Waals surface area contributed by atoms with Crippen LogP contribution in [0.5, 0.6) is 0 Å². The number of rotatable bonds is 5. The molecule has 0 heterocycles. The molecule has 0 amide bonds. The van der Waals surface area contributed by atoms with E-state index in [4.69, 9.17) is 8.85 Å². The minimum Gasteiger partial charge on any atom is -0.400 e. The molecule has 4 saturated carbocycles. The monoisotopic (exact) mass is 254 g/mol. The summed E-state index contributed by atoms with van der Waals surface area (Å²) in [5, 5.41) is 0. The van der Waals surface area contributed by atoms with Crippen molar-refractivity contribution in [2.75, 3.05) is 14.2 Å². The van der Waals surface area contributed by atoms with Gasteiger partial charge in [-0.25, -0.2) is 0 Å². The molecule has 4 bridgehead atoms. The summed E-state index contributed by atoms with van der Waals surface area (Å²) in [5.74, 6) is 3.23. The Balaban J connectivity index is 1.62. The Morgan fingerprint density at radius 3 is 1.82 bits per heavy atom. The van der Waals surface area contributed by atoms with E-state index in [-0.39, 0.29) is 0 Å². The average molecular weight is 254 g/mol. The molecule has 0 atom stereocenters. The van der Waals surface area contributed by atoms with Crippen molar-refractivity contribution in [3.8, 4) is 0 Å². The molecular formula is C14H26O2Si. The van der Waals surface area contributed by atoms with Gasteiger partial charge in [-0.3, -0.25) is 0 Å².